The first kappa shape index (κ1) is 20.1. The molecule has 0 saturated carbocycles. The zero-order valence-corrected chi connectivity index (χ0v) is 17.7. The average Bonchev–Trinajstić information content (AvgIpc) is 2.92. The van der Waals surface area contributed by atoms with E-state index in [4.69, 9.17) is 4.74 Å². The SMILES string of the molecule is Cc1ccccc1C1NC(=O)CCC12C(=O)N(C(=O)OC(C)(C)C)c1ccccc12. The fraction of sp³-hybridized carbons (Fsp3) is 0.375. The van der Waals surface area contributed by atoms with Gasteiger partial charge < -0.3 is 10.1 Å². The Morgan fingerprint density at radius 1 is 1.10 bits per heavy atom. The maximum absolute atomic E-state index is 13.9. The lowest BCUT2D eigenvalue weighted by molar-refractivity contribution is -0.131. The van der Waals surface area contributed by atoms with Gasteiger partial charge in [-0.05, 0) is 56.9 Å². The third-order valence-corrected chi connectivity index (χ3v) is 5.83. The minimum atomic E-state index is -1.06. The maximum Gasteiger partial charge on any atom is 0.421 e. The average molecular weight is 406 g/mol. The van der Waals surface area contributed by atoms with Crippen molar-refractivity contribution >= 4 is 23.6 Å². The summed E-state index contributed by atoms with van der Waals surface area (Å²) in [7, 11) is 0. The molecular formula is C24H26N2O4. The zero-order valence-electron chi connectivity index (χ0n) is 17.7. The summed E-state index contributed by atoms with van der Waals surface area (Å²) in [5.74, 6) is -0.457. The van der Waals surface area contributed by atoms with Crippen molar-refractivity contribution in [2.24, 2.45) is 0 Å². The van der Waals surface area contributed by atoms with Crippen molar-refractivity contribution < 1.29 is 19.1 Å². The number of hydrogen-bond donors (Lipinski definition) is 1. The van der Waals surface area contributed by atoms with Crippen LogP contribution in [0.5, 0.6) is 0 Å². The van der Waals surface area contributed by atoms with Gasteiger partial charge in [0.1, 0.15) is 11.0 Å². The molecule has 2 aromatic carbocycles. The monoisotopic (exact) mass is 406 g/mol. The zero-order chi connectivity index (χ0) is 21.7. The number of ether oxygens (including phenoxy) is 1. The Bertz CT molecular complexity index is 1040. The summed E-state index contributed by atoms with van der Waals surface area (Å²) < 4.78 is 5.55. The maximum atomic E-state index is 13.9. The largest absolute Gasteiger partial charge is 0.443 e. The third kappa shape index (κ3) is 3.07. The van der Waals surface area contributed by atoms with Crippen LogP contribution in [0.15, 0.2) is 48.5 Å². The molecule has 6 heteroatoms. The summed E-state index contributed by atoms with van der Waals surface area (Å²) in [6.45, 7) is 7.26. The molecule has 1 fully saturated rings. The van der Waals surface area contributed by atoms with Crippen LogP contribution in [-0.2, 0) is 19.7 Å². The van der Waals surface area contributed by atoms with Crippen LogP contribution in [-0.4, -0.2) is 23.5 Å². The molecule has 2 atom stereocenters. The number of rotatable bonds is 1. The Morgan fingerprint density at radius 3 is 2.47 bits per heavy atom. The predicted octanol–water partition coefficient (Wildman–Crippen LogP) is 4.17. The number of nitrogens with one attached hydrogen (secondary N) is 1. The summed E-state index contributed by atoms with van der Waals surface area (Å²) >= 11 is 0. The van der Waals surface area contributed by atoms with Crippen LogP contribution in [0, 0.1) is 6.92 Å². The molecule has 30 heavy (non-hydrogen) atoms. The molecule has 156 valence electrons. The molecule has 2 aromatic rings. The molecule has 2 unspecified atom stereocenters. The van der Waals surface area contributed by atoms with Crippen molar-refractivity contribution in [2.75, 3.05) is 4.90 Å². The normalized spacial score (nSPS) is 23.3. The summed E-state index contributed by atoms with van der Waals surface area (Å²) in [5.41, 5.74) is 1.32. The first-order valence-corrected chi connectivity index (χ1v) is 10.2. The molecule has 2 aliphatic heterocycles. The molecule has 2 aliphatic rings. The Balaban J connectivity index is 1.89. The van der Waals surface area contributed by atoms with Crippen LogP contribution in [0.4, 0.5) is 10.5 Å². The van der Waals surface area contributed by atoms with Crippen LogP contribution in [0.2, 0.25) is 0 Å². The van der Waals surface area contributed by atoms with Crippen molar-refractivity contribution in [1.29, 1.82) is 0 Å². The van der Waals surface area contributed by atoms with Gasteiger partial charge in [-0.1, -0.05) is 42.5 Å². The van der Waals surface area contributed by atoms with Crippen LogP contribution >= 0.6 is 0 Å². The smallest absolute Gasteiger partial charge is 0.421 e. The molecule has 0 aromatic heterocycles. The highest BCUT2D eigenvalue weighted by Gasteiger charge is 2.60. The van der Waals surface area contributed by atoms with E-state index in [2.05, 4.69) is 5.32 Å². The molecule has 1 N–H and O–H groups in total. The minimum absolute atomic E-state index is 0.102. The van der Waals surface area contributed by atoms with E-state index in [9.17, 15) is 14.4 Å². The van der Waals surface area contributed by atoms with Gasteiger partial charge in [-0.15, -0.1) is 0 Å². The second-order valence-electron chi connectivity index (χ2n) is 8.97. The van der Waals surface area contributed by atoms with E-state index in [1.165, 1.54) is 0 Å². The van der Waals surface area contributed by atoms with Crippen molar-refractivity contribution in [3.05, 3.63) is 65.2 Å². The number of hydrogen-bond acceptors (Lipinski definition) is 4. The van der Waals surface area contributed by atoms with Crippen molar-refractivity contribution in [1.82, 2.24) is 5.32 Å². The molecule has 4 rings (SSSR count). The number of benzene rings is 2. The number of fused-ring (bicyclic) bond motifs is 2. The number of carbonyl (C=O) groups excluding carboxylic acids is 3. The summed E-state index contributed by atoms with van der Waals surface area (Å²) in [4.78, 5) is 40.5. The molecule has 6 nitrogen and oxygen atoms in total. The lowest BCUT2D eigenvalue weighted by atomic mass is 9.67. The molecule has 1 saturated heterocycles. The van der Waals surface area contributed by atoms with Crippen LogP contribution < -0.4 is 10.2 Å². The van der Waals surface area contributed by atoms with Gasteiger partial charge in [0.25, 0.3) is 0 Å². The van der Waals surface area contributed by atoms with Crippen molar-refractivity contribution in [2.45, 2.75) is 57.6 Å². The summed E-state index contributed by atoms with van der Waals surface area (Å²) in [5, 5.41) is 3.05. The first-order valence-electron chi connectivity index (χ1n) is 10.2. The van der Waals surface area contributed by atoms with E-state index in [0.29, 0.717) is 12.1 Å². The predicted molar refractivity (Wildman–Crippen MR) is 113 cm³/mol. The minimum Gasteiger partial charge on any atom is -0.443 e. The fourth-order valence-corrected chi connectivity index (χ4v) is 4.54. The van der Waals surface area contributed by atoms with E-state index in [0.717, 1.165) is 21.6 Å². The number of amides is 3. The number of para-hydroxylation sites is 1. The van der Waals surface area contributed by atoms with Gasteiger partial charge in [0.2, 0.25) is 11.8 Å². The Labute approximate surface area is 176 Å². The molecule has 2 heterocycles. The standard InChI is InChI=1S/C24H26N2O4/c1-15-9-5-6-10-16(15)20-24(14-13-19(27)25-20)17-11-7-8-12-18(17)26(21(24)28)22(29)30-23(2,3)4/h5-12,20H,13-14H2,1-4H3,(H,25,27). The van der Waals surface area contributed by atoms with Gasteiger partial charge in [0.05, 0.1) is 11.7 Å². The highest BCUT2D eigenvalue weighted by Crippen LogP contribution is 2.53. The molecule has 0 aliphatic carbocycles. The summed E-state index contributed by atoms with van der Waals surface area (Å²) in [6, 6.07) is 14.4. The molecular weight excluding hydrogens is 380 g/mol. The van der Waals surface area contributed by atoms with Gasteiger partial charge in [-0.2, -0.15) is 0 Å². The topological polar surface area (TPSA) is 75.7 Å². The second kappa shape index (κ2) is 6.97. The van der Waals surface area contributed by atoms with Gasteiger partial charge in [0, 0.05) is 6.42 Å². The Morgan fingerprint density at radius 2 is 1.77 bits per heavy atom. The van der Waals surface area contributed by atoms with Crippen molar-refractivity contribution in [3.63, 3.8) is 0 Å². The lowest BCUT2D eigenvalue weighted by Gasteiger charge is -2.41. The number of anilines is 1. The van der Waals surface area contributed by atoms with Gasteiger partial charge >= 0.3 is 6.09 Å². The van der Waals surface area contributed by atoms with Crippen LogP contribution in [0.3, 0.4) is 0 Å². The number of piperidine rings is 1. The second-order valence-corrected chi connectivity index (χ2v) is 8.97. The Hall–Kier alpha value is -3.15. The lowest BCUT2D eigenvalue weighted by Crippen LogP contribution is -2.55. The number of aryl methyl sites for hydroxylation is 1. The fourth-order valence-electron chi connectivity index (χ4n) is 4.54. The molecule has 0 radical (unpaired) electrons. The first-order chi connectivity index (χ1) is 14.1. The van der Waals surface area contributed by atoms with Gasteiger partial charge in [-0.25, -0.2) is 9.69 Å². The molecule has 1 spiro atoms. The number of imide groups is 1. The summed E-state index contributed by atoms with van der Waals surface area (Å²) in [6.07, 6.45) is -0.158. The molecule has 3 amide bonds. The highest BCUT2D eigenvalue weighted by atomic mass is 16.6. The van der Waals surface area contributed by atoms with E-state index in [-0.39, 0.29) is 18.2 Å². The van der Waals surface area contributed by atoms with Crippen LogP contribution in [0.25, 0.3) is 0 Å². The third-order valence-electron chi connectivity index (χ3n) is 5.83. The van der Waals surface area contributed by atoms with Crippen molar-refractivity contribution in [3.8, 4) is 0 Å². The Kier molecular flexibility index (Phi) is 4.68. The number of nitrogens with zero attached hydrogens (tertiary/aromatic N) is 1. The van der Waals surface area contributed by atoms with E-state index < -0.39 is 23.2 Å². The van der Waals surface area contributed by atoms with E-state index in [1.54, 1.807) is 32.9 Å². The molecule has 0 bridgehead atoms. The highest BCUT2D eigenvalue weighted by molar-refractivity contribution is 6.22. The quantitative estimate of drug-likeness (QED) is 0.771. The van der Waals surface area contributed by atoms with E-state index >= 15 is 0 Å². The van der Waals surface area contributed by atoms with Crippen LogP contribution in [0.1, 0.15) is 56.3 Å². The van der Waals surface area contributed by atoms with Gasteiger partial charge in [0.15, 0.2) is 0 Å². The number of carbonyl (C=O) groups is 3. The van der Waals surface area contributed by atoms with Gasteiger partial charge in [-0.3, -0.25) is 9.59 Å². The van der Waals surface area contributed by atoms with E-state index in [1.807, 2.05) is 43.3 Å².